The maximum atomic E-state index is 11.7. The molecular formula is C12H11Cl2NO3. The fourth-order valence-corrected chi connectivity index (χ4v) is 2.35. The summed E-state index contributed by atoms with van der Waals surface area (Å²) in [6.45, 7) is 0.513. The SMILES string of the molecule is O=C(O)C1CC(=O)N(Cc2cccc(Cl)c2Cl)C1. The van der Waals surface area contributed by atoms with Crippen LogP contribution in [0.3, 0.4) is 0 Å². The van der Waals surface area contributed by atoms with Crippen LogP contribution in [0.15, 0.2) is 18.2 Å². The van der Waals surface area contributed by atoms with E-state index in [0.717, 1.165) is 5.56 Å². The lowest BCUT2D eigenvalue weighted by molar-refractivity contribution is -0.141. The summed E-state index contributed by atoms with van der Waals surface area (Å²) in [6, 6.07) is 5.19. The average Bonchev–Trinajstić information content (AvgIpc) is 2.67. The van der Waals surface area contributed by atoms with E-state index in [1.54, 1.807) is 18.2 Å². The highest BCUT2D eigenvalue weighted by atomic mass is 35.5. The minimum atomic E-state index is -0.942. The molecule has 1 aliphatic rings. The molecule has 0 aliphatic carbocycles. The topological polar surface area (TPSA) is 57.6 Å². The van der Waals surface area contributed by atoms with Gasteiger partial charge in [0.25, 0.3) is 0 Å². The van der Waals surface area contributed by atoms with Gasteiger partial charge in [0.1, 0.15) is 0 Å². The first-order valence-corrected chi connectivity index (χ1v) is 6.18. The number of likely N-dealkylation sites (tertiary alicyclic amines) is 1. The van der Waals surface area contributed by atoms with Gasteiger partial charge in [-0.05, 0) is 11.6 Å². The molecular weight excluding hydrogens is 277 g/mol. The fourth-order valence-electron chi connectivity index (χ4n) is 1.97. The highest BCUT2D eigenvalue weighted by Gasteiger charge is 2.34. The predicted octanol–water partition coefficient (Wildman–Crippen LogP) is 2.43. The van der Waals surface area contributed by atoms with Gasteiger partial charge in [-0.25, -0.2) is 0 Å². The first-order valence-electron chi connectivity index (χ1n) is 5.42. The van der Waals surface area contributed by atoms with E-state index >= 15 is 0 Å². The van der Waals surface area contributed by atoms with Crippen LogP contribution < -0.4 is 0 Å². The molecule has 1 aliphatic heterocycles. The molecule has 0 aromatic heterocycles. The van der Waals surface area contributed by atoms with E-state index < -0.39 is 11.9 Å². The molecule has 0 spiro atoms. The summed E-state index contributed by atoms with van der Waals surface area (Å²) in [5.74, 6) is -1.74. The molecule has 0 bridgehead atoms. The van der Waals surface area contributed by atoms with Crippen molar-refractivity contribution in [1.29, 1.82) is 0 Å². The molecule has 1 aromatic rings. The maximum absolute atomic E-state index is 11.7. The van der Waals surface area contributed by atoms with Gasteiger partial charge in [-0.2, -0.15) is 0 Å². The Kier molecular flexibility index (Phi) is 3.78. The van der Waals surface area contributed by atoms with Crippen molar-refractivity contribution in [3.05, 3.63) is 33.8 Å². The monoisotopic (exact) mass is 287 g/mol. The summed E-state index contributed by atoms with van der Waals surface area (Å²) in [5, 5.41) is 9.72. The van der Waals surface area contributed by atoms with Crippen LogP contribution in [0.5, 0.6) is 0 Å². The zero-order valence-electron chi connectivity index (χ0n) is 9.40. The second kappa shape index (κ2) is 5.16. The average molecular weight is 288 g/mol. The molecule has 1 amide bonds. The Morgan fingerprint density at radius 1 is 1.44 bits per heavy atom. The van der Waals surface area contributed by atoms with Crippen LogP contribution in [-0.4, -0.2) is 28.4 Å². The first-order chi connectivity index (χ1) is 8.49. The highest BCUT2D eigenvalue weighted by molar-refractivity contribution is 6.42. The third-order valence-corrected chi connectivity index (χ3v) is 3.81. The van der Waals surface area contributed by atoms with Crippen molar-refractivity contribution in [2.24, 2.45) is 5.92 Å². The largest absolute Gasteiger partial charge is 0.481 e. The van der Waals surface area contributed by atoms with Crippen molar-refractivity contribution in [3.63, 3.8) is 0 Å². The normalized spacial score (nSPS) is 19.3. The van der Waals surface area contributed by atoms with Gasteiger partial charge in [-0.3, -0.25) is 9.59 Å². The van der Waals surface area contributed by atoms with E-state index in [1.807, 2.05) is 0 Å². The molecule has 6 heteroatoms. The Balaban J connectivity index is 2.13. The van der Waals surface area contributed by atoms with Crippen molar-refractivity contribution in [3.8, 4) is 0 Å². The van der Waals surface area contributed by atoms with Crippen LogP contribution in [0.1, 0.15) is 12.0 Å². The van der Waals surface area contributed by atoms with Crippen molar-refractivity contribution >= 4 is 35.1 Å². The lowest BCUT2D eigenvalue weighted by Gasteiger charge is -2.17. The molecule has 1 fully saturated rings. The van der Waals surface area contributed by atoms with Crippen LogP contribution >= 0.6 is 23.2 Å². The number of hydrogen-bond acceptors (Lipinski definition) is 2. The van der Waals surface area contributed by atoms with E-state index in [0.29, 0.717) is 16.6 Å². The van der Waals surface area contributed by atoms with Crippen LogP contribution in [0.2, 0.25) is 10.0 Å². The zero-order chi connectivity index (χ0) is 13.3. The van der Waals surface area contributed by atoms with Crippen molar-refractivity contribution in [2.75, 3.05) is 6.54 Å². The van der Waals surface area contributed by atoms with E-state index in [4.69, 9.17) is 28.3 Å². The Morgan fingerprint density at radius 3 is 2.78 bits per heavy atom. The van der Waals surface area contributed by atoms with Gasteiger partial charge >= 0.3 is 5.97 Å². The number of amides is 1. The molecule has 1 saturated heterocycles. The van der Waals surface area contributed by atoms with Crippen LogP contribution in [-0.2, 0) is 16.1 Å². The number of carbonyl (C=O) groups is 2. The molecule has 0 saturated carbocycles. The smallest absolute Gasteiger partial charge is 0.308 e. The van der Waals surface area contributed by atoms with Crippen molar-refractivity contribution in [1.82, 2.24) is 4.90 Å². The number of carboxylic acid groups (broad SMARTS) is 1. The number of nitrogens with zero attached hydrogens (tertiary/aromatic N) is 1. The molecule has 4 nitrogen and oxygen atoms in total. The molecule has 1 aromatic carbocycles. The Labute approximate surface area is 114 Å². The van der Waals surface area contributed by atoms with Gasteiger partial charge < -0.3 is 10.0 Å². The van der Waals surface area contributed by atoms with Crippen LogP contribution in [0.4, 0.5) is 0 Å². The van der Waals surface area contributed by atoms with E-state index in [9.17, 15) is 9.59 Å². The number of carbonyl (C=O) groups excluding carboxylic acids is 1. The van der Waals surface area contributed by atoms with E-state index in [1.165, 1.54) is 4.90 Å². The maximum Gasteiger partial charge on any atom is 0.308 e. The Hall–Kier alpha value is -1.26. The highest BCUT2D eigenvalue weighted by Crippen LogP contribution is 2.28. The minimum absolute atomic E-state index is 0.0491. The van der Waals surface area contributed by atoms with Gasteiger partial charge in [-0.1, -0.05) is 35.3 Å². The van der Waals surface area contributed by atoms with Gasteiger partial charge in [0, 0.05) is 19.5 Å². The quantitative estimate of drug-likeness (QED) is 0.929. The van der Waals surface area contributed by atoms with E-state index in [2.05, 4.69) is 0 Å². The Morgan fingerprint density at radius 2 is 2.17 bits per heavy atom. The first kappa shape index (κ1) is 13.2. The van der Waals surface area contributed by atoms with Gasteiger partial charge in [0.2, 0.25) is 5.91 Å². The van der Waals surface area contributed by atoms with Crippen molar-refractivity contribution in [2.45, 2.75) is 13.0 Å². The predicted molar refractivity (Wildman–Crippen MR) is 67.6 cm³/mol. The third kappa shape index (κ3) is 2.60. The second-order valence-corrected chi connectivity index (χ2v) is 5.01. The van der Waals surface area contributed by atoms with Gasteiger partial charge in [0.05, 0.1) is 16.0 Å². The summed E-state index contributed by atoms with van der Waals surface area (Å²) >= 11 is 11.9. The third-order valence-electron chi connectivity index (χ3n) is 2.96. The van der Waals surface area contributed by atoms with Gasteiger partial charge in [-0.15, -0.1) is 0 Å². The standard InChI is InChI=1S/C12H11Cl2NO3/c13-9-3-1-2-7(11(9)14)5-15-6-8(12(17)18)4-10(15)16/h1-3,8H,4-6H2,(H,17,18). The number of rotatable bonds is 3. The fraction of sp³-hybridized carbons (Fsp3) is 0.333. The number of hydrogen-bond donors (Lipinski definition) is 1. The number of benzene rings is 1. The lowest BCUT2D eigenvalue weighted by atomic mass is 10.1. The lowest BCUT2D eigenvalue weighted by Crippen LogP contribution is -2.25. The molecule has 2 rings (SSSR count). The minimum Gasteiger partial charge on any atom is -0.481 e. The summed E-state index contributed by atoms with van der Waals surface area (Å²) in [7, 11) is 0. The van der Waals surface area contributed by atoms with Crippen molar-refractivity contribution < 1.29 is 14.7 Å². The summed E-state index contributed by atoms with van der Waals surface area (Å²) in [4.78, 5) is 24.0. The zero-order valence-corrected chi connectivity index (χ0v) is 10.9. The molecule has 18 heavy (non-hydrogen) atoms. The molecule has 1 N–H and O–H groups in total. The number of aliphatic carboxylic acids is 1. The van der Waals surface area contributed by atoms with Crippen LogP contribution in [0, 0.1) is 5.92 Å². The molecule has 96 valence electrons. The molecule has 1 atom stereocenters. The van der Waals surface area contributed by atoms with Gasteiger partial charge in [0.15, 0.2) is 0 Å². The summed E-state index contributed by atoms with van der Waals surface area (Å²) < 4.78 is 0. The number of carboxylic acids is 1. The molecule has 0 radical (unpaired) electrons. The second-order valence-electron chi connectivity index (χ2n) is 4.23. The molecule has 1 unspecified atom stereocenters. The van der Waals surface area contributed by atoms with E-state index in [-0.39, 0.29) is 18.9 Å². The van der Waals surface area contributed by atoms with Crippen LogP contribution in [0.25, 0.3) is 0 Å². The number of halogens is 2. The summed E-state index contributed by atoms with van der Waals surface area (Å²) in [5.41, 5.74) is 0.726. The molecule has 1 heterocycles. The Bertz CT molecular complexity index is 504. The summed E-state index contributed by atoms with van der Waals surface area (Å²) in [6.07, 6.45) is 0.0491.